The number of unbranched alkanes of at least 4 members (excludes halogenated alkanes) is 1. The summed E-state index contributed by atoms with van der Waals surface area (Å²) in [4.78, 5) is 38.9. The lowest BCUT2D eigenvalue weighted by atomic mass is 9.72. The molecule has 0 aromatic heterocycles. The summed E-state index contributed by atoms with van der Waals surface area (Å²) in [5.41, 5.74) is 9.93. The molecule has 3 amide bonds. The Bertz CT molecular complexity index is 1700. The van der Waals surface area contributed by atoms with Crippen LogP contribution in [-0.4, -0.2) is 76.9 Å². The molecule has 0 saturated carbocycles. The van der Waals surface area contributed by atoms with Crippen molar-refractivity contribution >= 4 is 17.7 Å². The van der Waals surface area contributed by atoms with Gasteiger partial charge in [0, 0.05) is 31.8 Å². The molecule has 0 heterocycles. The highest BCUT2D eigenvalue weighted by Crippen LogP contribution is 2.40. The molecule has 2 aliphatic rings. The largest absolute Gasteiger partial charge is 0.378 e. The van der Waals surface area contributed by atoms with Crippen molar-refractivity contribution in [1.82, 2.24) is 21.3 Å². The fourth-order valence-electron chi connectivity index (χ4n) is 7.17. The summed E-state index contributed by atoms with van der Waals surface area (Å²) >= 11 is 0. The van der Waals surface area contributed by atoms with Crippen LogP contribution in [0.4, 0.5) is 0 Å². The van der Waals surface area contributed by atoms with E-state index in [0.717, 1.165) is 41.7 Å². The third kappa shape index (κ3) is 22.9. The van der Waals surface area contributed by atoms with Crippen molar-refractivity contribution in [1.29, 1.82) is 0 Å². The number of rotatable bonds is 26. The first-order chi connectivity index (χ1) is 28.7. The molecule has 1 atom stereocenters. The zero-order chi connectivity index (χ0) is 44.2. The second-order valence-corrected chi connectivity index (χ2v) is 16.9. The zero-order valence-electron chi connectivity index (χ0n) is 38.6. The fourth-order valence-corrected chi connectivity index (χ4v) is 7.17. The third-order valence-electron chi connectivity index (χ3n) is 10.8. The van der Waals surface area contributed by atoms with E-state index in [2.05, 4.69) is 93.2 Å². The Morgan fingerprint density at radius 1 is 0.667 bits per heavy atom. The van der Waals surface area contributed by atoms with Crippen LogP contribution in [0, 0.1) is 5.41 Å². The van der Waals surface area contributed by atoms with Gasteiger partial charge >= 0.3 is 0 Å². The minimum Gasteiger partial charge on any atom is -0.378 e. The monoisotopic (exact) mass is 827 g/mol. The Kier molecular flexibility index (Phi) is 25.8. The Labute approximate surface area is 363 Å². The van der Waals surface area contributed by atoms with E-state index in [-0.39, 0.29) is 23.1 Å². The van der Waals surface area contributed by atoms with E-state index in [9.17, 15) is 14.4 Å². The predicted octanol–water partition coefficient (Wildman–Crippen LogP) is 9.55. The maximum Gasteiger partial charge on any atom is 0.244 e. The Morgan fingerprint density at radius 2 is 1.27 bits per heavy atom. The second-order valence-electron chi connectivity index (χ2n) is 16.9. The van der Waals surface area contributed by atoms with E-state index >= 15 is 0 Å². The molecule has 9 heteroatoms. The zero-order valence-corrected chi connectivity index (χ0v) is 38.6. The predicted molar refractivity (Wildman–Crippen MR) is 250 cm³/mol. The summed E-state index contributed by atoms with van der Waals surface area (Å²) in [7, 11) is 1.87. The highest BCUT2D eigenvalue weighted by atomic mass is 16.5. The number of nitrogens with one attached hydrogen (secondary N) is 4. The van der Waals surface area contributed by atoms with Gasteiger partial charge in [-0.3, -0.25) is 14.4 Å². The summed E-state index contributed by atoms with van der Waals surface area (Å²) in [6, 6.07) is -0.734. The number of carbonyl (C=O) groups excluding carboxylic acids is 3. The summed E-state index contributed by atoms with van der Waals surface area (Å²) in [5, 5.41) is 11.8. The molecule has 60 heavy (non-hydrogen) atoms. The average molecular weight is 827 g/mol. The highest BCUT2D eigenvalue weighted by Gasteiger charge is 2.26. The van der Waals surface area contributed by atoms with Crippen molar-refractivity contribution in [3.05, 3.63) is 117 Å². The van der Waals surface area contributed by atoms with Crippen molar-refractivity contribution in [3.63, 3.8) is 0 Å². The Hall–Kier alpha value is -4.31. The molecule has 0 saturated heterocycles. The van der Waals surface area contributed by atoms with E-state index in [1.165, 1.54) is 60.5 Å². The van der Waals surface area contributed by atoms with Crippen LogP contribution in [0.2, 0.25) is 0 Å². The quantitative estimate of drug-likeness (QED) is 0.0392. The van der Waals surface area contributed by atoms with E-state index in [0.29, 0.717) is 58.8 Å². The van der Waals surface area contributed by atoms with Crippen molar-refractivity contribution < 1.29 is 23.9 Å². The molecule has 0 fully saturated rings. The fraction of sp³-hybridized carbons (Fsp3) is 0.549. The van der Waals surface area contributed by atoms with E-state index in [1.807, 2.05) is 51.3 Å². The van der Waals surface area contributed by atoms with Crippen molar-refractivity contribution in [3.8, 4) is 0 Å². The number of hydrogen-bond donors (Lipinski definition) is 4. The minimum atomic E-state index is -0.734. The first-order valence-electron chi connectivity index (χ1n) is 22.2. The van der Waals surface area contributed by atoms with Gasteiger partial charge in [0.05, 0.1) is 26.4 Å². The number of likely N-dealkylation sites (N-methyl/N-ethyl adjacent to an activating group) is 1. The third-order valence-corrected chi connectivity index (χ3v) is 10.8. The molecule has 0 aromatic carbocycles. The summed E-state index contributed by atoms with van der Waals surface area (Å²) in [6.07, 6.45) is 33.9. The summed E-state index contributed by atoms with van der Waals surface area (Å²) < 4.78 is 11.1. The van der Waals surface area contributed by atoms with Gasteiger partial charge in [0.1, 0.15) is 6.04 Å². The maximum atomic E-state index is 13.2. The number of amides is 3. The van der Waals surface area contributed by atoms with E-state index in [1.54, 1.807) is 6.08 Å². The minimum absolute atomic E-state index is 0.164. The lowest BCUT2D eigenvalue weighted by molar-refractivity contribution is -0.127. The normalized spacial score (nSPS) is 17.8. The van der Waals surface area contributed by atoms with Crippen molar-refractivity contribution in [2.75, 3.05) is 53.1 Å². The SMILES string of the molecule is CNCCOCCOCCNC(=O)[C@H](CCCCNC(=O)/C=C(C)/C=C/C=C(C)/C=C/C1=C(C)CCCC1)NC(=O)/C=C(C)/C=C/C=C(C)/C=C/C1=C(C)CCCC1(C)C. The van der Waals surface area contributed by atoms with Crippen molar-refractivity contribution in [2.24, 2.45) is 5.41 Å². The smallest absolute Gasteiger partial charge is 0.244 e. The van der Waals surface area contributed by atoms with Gasteiger partial charge in [-0.25, -0.2) is 0 Å². The standard InChI is InChI=1S/C51H78N4O5/c1-39(25-27-45-23-11-10-21-43(45)5)17-14-19-41(3)37-48(56)53-30-13-12-24-47(50(58)54-32-34-60-36-35-59-33-31-52-9)55-49(57)38-42(4)20-15-18-40(2)26-28-46-44(6)22-16-29-51(46,7)8/h14-15,17-20,25-28,37-38,47,52H,10-13,16,21-24,29-36H2,1-9H3,(H,53,56)(H,54,58)(H,55,57)/b19-14+,20-15+,27-25+,28-26+,39-17+,40-18+,41-37+,42-38+/t47-/m0/s1. The van der Waals surface area contributed by atoms with Gasteiger partial charge in [0.25, 0.3) is 0 Å². The number of carbonyl (C=O) groups is 3. The molecule has 332 valence electrons. The number of hydrogen-bond acceptors (Lipinski definition) is 6. The van der Waals surface area contributed by atoms with Crippen LogP contribution >= 0.6 is 0 Å². The van der Waals surface area contributed by atoms with Crippen LogP contribution in [0.5, 0.6) is 0 Å². The molecular formula is C51H78N4O5. The molecule has 2 aliphatic carbocycles. The topological polar surface area (TPSA) is 118 Å². The molecule has 4 N–H and O–H groups in total. The van der Waals surface area contributed by atoms with Gasteiger partial charge in [-0.15, -0.1) is 0 Å². The van der Waals surface area contributed by atoms with Crippen LogP contribution < -0.4 is 21.3 Å². The van der Waals surface area contributed by atoms with E-state index in [4.69, 9.17) is 9.47 Å². The molecule has 0 spiro atoms. The lowest BCUT2D eigenvalue weighted by Gasteiger charge is -2.32. The number of allylic oxidation sites excluding steroid dienone is 18. The van der Waals surface area contributed by atoms with Crippen molar-refractivity contribution in [2.45, 2.75) is 126 Å². The molecular weight excluding hydrogens is 749 g/mol. The molecule has 0 aromatic rings. The Morgan fingerprint density at radius 3 is 1.90 bits per heavy atom. The van der Waals surface area contributed by atoms with Gasteiger partial charge < -0.3 is 30.7 Å². The summed E-state index contributed by atoms with van der Waals surface area (Å²) in [5.74, 6) is -0.775. The summed E-state index contributed by atoms with van der Waals surface area (Å²) in [6.45, 7) is 20.4. The van der Waals surface area contributed by atoms with E-state index < -0.39 is 6.04 Å². The average Bonchev–Trinajstić information content (AvgIpc) is 3.18. The molecule has 0 unspecified atom stereocenters. The molecule has 9 nitrogen and oxygen atoms in total. The lowest BCUT2D eigenvalue weighted by Crippen LogP contribution is -2.47. The molecule has 2 rings (SSSR count). The van der Waals surface area contributed by atoms with Gasteiger partial charge in [-0.05, 0) is 141 Å². The molecule has 0 radical (unpaired) electrons. The van der Waals surface area contributed by atoms with Crippen LogP contribution in [0.25, 0.3) is 0 Å². The highest BCUT2D eigenvalue weighted by molar-refractivity contribution is 5.93. The van der Waals surface area contributed by atoms with Crippen LogP contribution in [0.3, 0.4) is 0 Å². The first-order valence-corrected chi connectivity index (χ1v) is 22.2. The number of ether oxygens (including phenoxy) is 2. The molecule has 0 aliphatic heterocycles. The van der Waals surface area contributed by atoms with Gasteiger partial charge in [-0.1, -0.05) is 96.9 Å². The molecule has 0 bridgehead atoms. The van der Waals surface area contributed by atoms with Crippen LogP contribution in [-0.2, 0) is 23.9 Å². The Balaban J connectivity index is 1.92. The van der Waals surface area contributed by atoms with Gasteiger partial charge in [0.15, 0.2) is 0 Å². The van der Waals surface area contributed by atoms with Crippen LogP contribution in [0.15, 0.2) is 117 Å². The first kappa shape index (κ1) is 51.8. The maximum absolute atomic E-state index is 13.2. The van der Waals surface area contributed by atoms with Crippen LogP contribution in [0.1, 0.15) is 120 Å². The second kappa shape index (κ2) is 29.8. The van der Waals surface area contributed by atoms with Gasteiger partial charge in [-0.2, -0.15) is 0 Å². The van der Waals surface area contributed by atoms with Gasteiger partial charge in [0.2, 0.25) is 17.7 Å².